The van der Waals surface area contributed by atoms with E-state index in [1.165, 1.54) is 0 Å². The molecule has 0 spiro atoms. The number of thiophene rings is 2. The van der Waals surface area contributed by atoms with Crippen LogP contribution in [0.1, 0.15) is 18.1 Å². The zero-order valence-corrected chi connectivity index (χ0v) is 18.1. The molecular weight excluding hydrogens is 420 g/mol. The quantitative estimate of drug-likeness (QED) is 0.409. The van der Waals surface area contributed by atoms with Gasteiger partial charge in [-0.25, -0.2) is 0 Å². The lowest BCUT2D eigenvalue weighted by Gasteiger charge is -2.33. The second-order valence-electron chi connectivity index (χ2n) is 7.24. The summed E-state index contributed by atoms with van der Waals surface area (Å²) in [6.07, 6.45) is 1.83. The Balaban J connectivity index is 1.04. The summed E-state index contributed by atoms with van der Waals surface area (Å²) in [6.45, 7) is 5.86. The van der Waals surface area contributed by atoms with Gasteiger partial charge in [0, 0.05) is 38.0 Å². The normalized spacial score (nSPS) is 15.7. The number of hydrogen-bond acceptors (Lipinski definition) is 10. The van der Waals surface area contributed by atoms with Crippen molar-refractivity contribution in [2.24, 2.45) is 0 Å². The second-order valence-corrected chi connectivity index (χ2v) is 8.97. The van der Waals surface area contributed by atoms with Crippen LogP contribution in [0.2, 0.25) is 0 Å². The van der Waals surface area contributed by atoms with Gasteiger partial charge in [-0.05, 0) is 35.9 Å². The van der Waals surface area contributed by atoms with Gasteiger partial charge in [0.1, 0.15) is 0 Å². The molecule has 0 atom stereocenters. The number of nitrogens with zero attached hydrogens (tertiary/aromatic N) is 6. The van der Waals surface area contributed by atoms with Crippen LogP contribution >= 0.6 is 22.7 Å². The van der Waals surface area contributed by atoms with Crippen LogP contribution in [0.15, 0.2) is 43.4 Å². The van der Waals surface area contributed by atoms with Crippen molar-refractivity contribution in [3.8, 4) is 22.2 Å². The van der Waals surface area contributed by atoms with E-state index in [2.05, 4.69) is 30.1 Å². The van der Waals surface area contributed by atoms with E-state index in [1.807, 2.05) is 34.3 Å². The van der Waals surface area contributed by atoms with Crippen molar-refractivity contribution in [2.75, 3.05) is 32.7 Å². The minimum atomic E-state index is 0.605. The predicted octanol–water partition coefficient (Wildman–Crippen LogP) is 3.66. The van der Waals surface area contributed by atoms with Gasteiger partial charge in [-0.3, -0.25) is 4.90 Å². The molecule has 4 aromatic heterocycles. The Labute approximate surface area is 182 Å². The second kappa shape index (κ2) is 9.17. The minimum absolute atomic E-state index is 0.605. The molecule has 4 aromatic rings. The van der Waals surface area contributed by atoms with E-state index < -0.39 is 0 Å². The van der Waals surface area contributed by atoms with Crippen LogP contribution in [0.5, 0.6) is 0 Å². The largest absolute Gasteiger partial charge is 0.339 e. The Bertz CT molecular complexity index is 1040. The maximum atomic E-state index is 5.39. The van der Waals surface area contributed by atoms with Gasteiger partial charge >= 0.3 is 0 Å². The number of rotatable bonds is 8. The fourth-order valence-corrected chi connectivity index (χ4v) is 4.79. The van der Waals surface area contributed by atoms with Crippen molar-refractivity contribution in [1.29, 1.82) is 0 Å². The molecule has 10 heteroatoms. The molecule has 30 heavy (non-hydrogen) atoms. The van der Waals surface area contributed by atoms with Gasteiger partial charge in [0.15, 0.2) is 5.82 Å². The average Bonchev–Trinajstić information content (AvgIpc) is 3.56. The monoisotopic (exact) mass is 442 g/mol. The summed E-state index contributed by atoms with van der Waals surface area (Å²) < 4.78 is 10.8. The molecule has 5 rings (SSSR count). The molecule has 8 nitrogen and oxygen atoms in total. The first kappa shape index (κ1) is 19.6. The minimum Gasteiger partial charge on any atom is -0.339 e. The molecule has 156 valence electrons. The third-order valence-corrected chi connectivity index (χ3v) is 6.69. The van der Waals surface area contributed by atoms with Crippen LogP contribution in [0.25, 0.3) is 22.2 Å². The highest BCUT2D eigenvalue weighted by Crippen LogP contribution is 2.22. The molecule has 1 aliphatic heterocycles. The Morgan fingerprint density at radius 2 is 1.87 bits per heavy atom. The van der Waals surface area contributed by atoms with E-state index in [-0.39, 0.29) is 0 Å². The molecule has 0 bridgehead atoms. The molecule has 5 heterocycles. The highest BCUT2D eigenvalue weighted by Gasteiger charge is 2.19. The van der Waals surface area contributed by atoms with Gasteiger partial charge in [-0.1, -0.05) is 16.4 Å². The summed E-state index contributed by atoms with van der Waals surface area (Å²) in [5.41, 5.74) is 0.993. The summed E-state index contributed by atoms with van der Waals surface area (Å²) >= 11 is 3.25. The van der Waals surface area contributed by atoms with Crippen molar-refractivity contribution in [3.63, 3.8) is 0 Å². The molecule has 0 unspecified atom stereocenters. The maximum Gasteiger partial charge on any atom is 0.258 e. The van der Waals surface area contributed by atoms with Gasteiger partial charge in [-0.15, -0.1) is 11.3 Å². The molecule has 0 radical (unpaired) electrons. The number of piperazine rings is 1. The Morgan fingerprint density at radius 1 is 0.967 bits per heavy atom. The van der Waals surface area contributed by atoms with Crippen molar-refractivity contribution in [2.45, 2.75) is 19.4 Å². The van der Waals surface area contributed by atoms with Crippen LogP contribution in [-0.2, 0) is 13.0 Å². The molecule has 1 aliphatic rings. The summed E-state index contributed by atoms with van der Waals surface area (Å²) in [6, 6.07) is 6.01. The molecule has 0 aliphatic carbocycles. The summed E-state index contributed by atoms with van der Waals surface area (Å²) in [5, 5.41) is 14.3. The summed E-state index contributed by atoms with van der Waals surface area (Å²) in [7, 11) is 0. The molecule has 0 N–H and O–H groups in total. The van der Waals surface area contributed by atoms with E-state index in [0.717, 1.165) is 74.3 Å². The molecule has 0 amide bonds. The van der Waals surface area contributed by atoms with Crippen molar-refractivity contribution in [1.82, 2.24) is 30.1 Å². The van der Waals surface area contributed by atoms with Gasteiger partial charge in [0.2, 0.25) is 11.7 Å². The van der Waals surface area contributed by atoms with E-state index in [9.17, 15) is 0 Å². The average molecular weight is 443 g/mol. The first-order valence-electron chi connectivity index (χ1n) is 10.00. The molecular formula is C20H22N6O2S2. The van der Waals surface area contributed by atoms with Crippen molar-refractivity contribution in [3.05, 3.63) is 46.1 Å². The van der Waals surface area contributed by atoms with Crippen LogP contribution in [0.3, 0.4) is 0 Å². The van der Waals surface area contributed by atoms with Crippen LogP contribution in [0, 0.1) is 0 Å². The zero-order chi connectivity index (χ0) is 20.2. The van der Waals surface area contributed by atoms with Gasteiger partial charge in [0.05, 0.1) is 17.0 Å². The van der Waals surface area contributed by atoms with Crippen molar-refractivity contribution < 1.29 is 9.05 Å². The summed E-state index contributed by atoms with van der Waals surface area (Å²) in [4.78, 5) is 14.9. The first-order chi connectivity index (χ1) is 14.8. The Hall–Kier alpha value is -2.40. The van der Waals surface area contributed by atoms with E-state index >= 15 is 0 Å². The topological polar surface area (TPSA) is 84.3 Å². The maximum absolute atomic E-state index is 5.39. The van der Waals surface area contributed by atoms with Crippen LogP contribution in [-0.4, -0.2) is 62.8 Å². The first-order valence-corrected chi connectivity index (χ1v) is 11.8. The number of aryl methyl sites for hydroxylation is 1. The highest BCUT2D eigenvalue weighted by molar-refractivity contribution is 7.13. The van der Waals surface area contributed by atoms with Gasteiger partial charge < -0.3 is 13.9 Å². The lowest BCUT2D eigenvalue weighted by atomic mass is 10.2. The van der Waals surface area contributed by atoms with Crippen LogP contribution in [0.4, 0.5) is 0 Å². The highest BCUT2D eigenvalue weighted by atomic mass is 32.1. The molecule has 1 saturated heterocycles. The number of hydrogen-bond donors (Lipinski definition) is 0. The van der Waals surface area contributed by atoms with Crippen LogP contribution < -0.4 is 0 Å². The van der Waals surface area contributed by atoms with Gasteiger partial charge in [0.25, 0.3) is 5.89 Å². The smallest absolute Gasteiger partial charge is 0.258 e. The Kier molecular flexibility index (Phi) is 5.98. The van der Waals surface area contributed by atoms with E-state index in [4.69, 9.17) is 9.05 Å². The number of aromatic nitrogens is 4. The third-order valence-electron chi connectivity index (χ3n) is 5.14. The molecule has 1 fully saturated rings. The molecule has 0 saturated carbocycles. The third kappa shape index (κ3) is 4.67. The lowest BCUT2D eigenvalue weighted by molar-refractivity contribution is 0.122. The van der Waals surface area contributed by atoms with Gasteiger partial charge in [-0.2, -0.15) is 21.3 Å². The Morgan fingerprint density at radius 3 is 2.67 bits per heavy atom. The van der Waals surface area contributed by atoms with E-state index in [0.29, 0.717) is 11.7 Å². The predicted molar refractivity (Wildman–Crippen MR) is 115 cm³/mol. The summed E-state index contributed by atoms with van der Waals surface area (Å²) in [5.74, 6) is 2.77. The van der Waals surface area contributed by atoms with Crippen molar-refractivity contribution >= 4 is 22.7 Å². The fraction of sp³-hybridized carbons (Fsp3) is 0.400. The standard InChI is InChI=1S/C20H22N6O2S2/c1(4-18-22-19(24-27-18)16-3-2-11-30-16)6-25-7-9-26(10-8-25)13-17-21-20(28-23-17)15-5-12-29-14-15/h2-3,5,11-12,14H,1,4,6-10,13H2. The zero-order valence-electron chi connectivity index (χ0n) is 16.4. The van der Waals surface area contributed by atoms with E-state index in [1.54, 1.807) is 22.7 Å². The molecule has 0 aromatic carbocycles. The lowest BCUT2D eigenvalue weighted by Crippen LogP contribution is -2.46. The fourth-order valence-electron chi connectivity index (χ4n) is 3.51. The SMILES string of the molecule is c1csc(-c2noc(CCCN3CCN(Cc4noc(-c5ccsc5)n4)CC3)n2)c1.